The number of aliphatic hydroxyl groups is 1. The van der Waals surface area contributed by atoms with Gasteiger partial charge in [-0.2, -0.15) is 0 Å². The maximum absolute atomic E-state index is 10.1. The molecule has 0 spiro atoms. The van der Waals surface area contributed by atoms with Gasteiger partial charge in [0.1, 0.15) is 26.2 Å². The second-order valence-corrected chi connectivity index (χ2v) is 4.41. The molecule has 1 unspecified atom stereocenters. The quantitative estimate of drug-likeness (QED) is 0.594. The van der Waals surface area contributed by atoms with E-state index in [1.807, 2.05) is 14.8 Å². The van der Waals surface area contributed by atoms with E-state index in [2.05, 4.69) is 0 Å². The largest absolute Gasteiger partial charge is 0.388 e. The predicted molar refractivity (Wildman–Crippen MR) is 65.9 cm³/mol. The first-order chi connectivity index (χ1) is 8.13. The predicted octanol–water partition coefficient (Wildman–Crippen LogP) is -0.838. The van der Waals surface area contributed by atoms with Crippen LogP contribution in [0.2, 0.25) is 0 Å². The summed E-state index contributed by atoms with van der Waals surface area (Å²) in [6, 6.07) is -0.105. The van der Waals surface area contributed by atoms with E-state index < -0.39 is 6.10 Å². The molecule has 4 atom stereocenters. The highest BCUT2D eigenvalue weighted by molar-refractivity contribution is 6.11. The molecule has 1 N–H and O–H groups in total. The fourth-order valence-electron chi connectivity index (χ4n) is 2.17. The lowest BCUT2D eigenvalue weighted by Gasteiger charge is -2.25. The Morgan fingerprint density at radius 1 is 1.29 bits per heavy atom. The number of methoxy groups -OCH3 is 2. The van der Waals surface area contributed by atoms with Gasteiger partial charge in [-0.05, 0) is 6.42 Å². The third kappa shape index (κ3) is 3.93. The summed E-state index contributed by atoms with van der Waals surface area (Å²) in [5.74, 6) is 0. The Hall–Kier alpha value is -0.135. The van der Waals surface area contributed by atoms with E-state index in [1.54, 1.807) is 14.2 Å². The van der Waals surface area contributed by atoms with Gasteiger partial charge in [0.25, 0.3) is 0 Å². The van der Waals surface area contributed by atoms with Crippen molar-refractivity contribution in [3.63, 3.8) is 0 Å². The highest BCUT2D eigenvalue weighted by Crippen LogP contribution is 2.25. The SMILES string of the molecule is B[C@@H]1O[C@H](CC)[C@H](O)C1OC(COC)COC. The van der Waals surface area contributed by atoms with E-state index in [1.165, 1.54) is 0 Å². The van der Waals surface area contributed by atoms with E-state index in [0.717, 1.165) is 6.42 Å². The van der Waals surface area contributed by atoms with Gasteiger partial charge >= 0.3 is 0 Å². The van der Waals surface area contributed by atoms with Crippen molar-refractivity contribution in [1.29, 1.82) is 0 Å². The number of ether oxygens (including phenoxy) is 4. The van der Waals surface area contributed by atoms with Gasteiger partial charge in [-0.3, -0.25) is 0 Å². The topological polar surface area (TPSA) is 57.2 Å². The van der Waals surface area contributed by atoms with E-state index in [-0.39, 0.29) is 24.3 Å². The average molecular weight is 246 g/mol. The van der Waals surface area contributed by atoms with Crippen LogP contribution >= 0.6 is 0 Å². The summed E-state index contributed by atoms with van der Waals surface area (Å²) in [6.07, 6.45) is -0.418. The first-order valence-electron chi connectivity index (χ1n) is 6.10. The molecule has 0 aromatic heterocycles. The standard InChI is InChI=1S/C11H23BO5/c1-4-8-9(13)10(11(12)17-8)16-7(5-14-2)6-15-3/h7-11,13H,4-6,12H2,1-3H3/t8-,9+,10?,11-/m1/s1. The van der Waals surface area contributed by atoms with Crippen molar-refractivity contribution in [2.45, 2.75) is 43.8 Å². The molecular formula is C11H23BO5. The molecule has 5 nitrogen and oxygen atoms in total. The van der Waals surface area contributed by atoms with Gasteiger partial charge in [-0.1, -0.05) is 6.92 Å². The zero-order valence-electron chi connectivity index (χ0n) is 11.1. The molecule has 100 valence electrons. The normalized spacial score (nSPS) is 33.5. The highest BCUT2D eigenvalue weighted by Gasteiger charge is 2.41. The molecule has 0 amide bonds. The van der Waals surface area contributed by atoms with Crippen LogP contribution in [0, 0.1) is 0 Å². The van der Waals surface area contributed by atoms with Crippen molar-refractivity contribution in [3.05, 3.63) is 0 Å². The number of aliphatic hydroxyl groups excluding tert-OH is 1. The fourth-order valence-corrected chi connectivity index (χ4v) is 2.17. The molecule has 1 aliphatic heterocycles. The van der Waals surface area contributed by atoms with Gasteiger partial charge in [-0.15, -0.1) is 0 Å². The van der Waals surface area contributed by atoms with Crippen LogP contribution in [0.15, 0.2) is 0 Å². The summed E-state index contributed by atoms with van der Waals surface area (Å²) in [5.41, 5.74) is 0. The molecule has 1 rings (SSSR count). The summed E-state index contributed by atoms with van der Waals surface area (Å²) in [4.78, 5) is 0. The minimum atomic E-state index is -0.578. The average Bonchev–Trinajstić information content (AvgIpc) is 2.57. The second-order valence-electron chi connectivity index (χ2n) is 4.41. The Morgan fingerprint density at radius 2 is 1.88 bits per heavy atom. The first kappa shape index (κ1) is 14.9. The van der Waals surface area contributed by atoms with Crippen LogP contribution in [-0.4, -0.2) is 70.8 Å². The van der Waals surface area contributed by atoms with Crippen LogP contribution in [0.4, 0.5) is 0 Å². The Labute approximate surface area is 104 Å². The molecular weight excluding hydrogens is 223 g/mol. The molecule has 0 radical (unpaired) electrons. The maximum atomic E-state index is 10.1. The van der Waals surface area contributed by atoms with Crippen molar-refractivity contribution in [3.8, 4) is 0 Å². The molecule has 17 heavy (non-hydrogen) atoms. The highest BCUT2D eigenvalue weighted by atomic mass is 16.6. The van der Waals surface area contributed by atoms with Gasteiger partial charge < -0.3 is 24.1 Å². The maximum Gasteiger partial charge on any atom is 0.142 e. The summed E-state index contributed by atoms with van der Waals surface area (Å²) in [7, 11) is 5.15. The fraction of sp³-hybridized carbons (Fsp3) is 1.00. The van der Waals surface area contributed by atoms with Gasteiger partial charge in [0.05, 0.1) is 25.3 Å². The summed E-state index contributed by atoms with van der Waals surface area (Å²) in [5, 5.41) is 10.1. The smallest absolute Gasteiger partial charge is 0.142 e. The van der Waals surface area contributed by atoms with Crippen molar-refractivity contribution in [1.82, 2.24) is 0 Å². The monoisotopic (exact) mass is 246 g/mol. The van der Waals surface area contributed by atoms with E-state index in [4.69, 9.17) is 18.9 Å². The molecule has 0 bridgehead atoms. The first-order valence-corrected chi connectivity index (χ1v) is 6.10. The lowest BCUT2D eigenvalue weighted by Crippen LogP contribution is -2.41. The lowest BCUT2D eigenvalue weighted by atomic mass is 9.92. The number of rotatable bonds is 7. The Kier molecular flexibility index (Phi) is 6.44. The molecule has 0 aromatic rings. The van der Waals surface area contributed by atoms with Gasteiger partial charge in [-0.25, -0.2) is 0 Å². The summed E-state index contributed by atoms with van der Waals surface area (Å²) < 4.78 is 21.6. The summed E-state index contributed by atoms with van der Waals surface area (Å²) in [6.45, 7) is 2.88. The van der Waals surface area contributed by atoms with E-state index in [9.17, 15) is 5.11 Å². The van der Waals surface area contributed by atoms with Crippen LogP contribution in [-0.2, 0) is 18.9 Å². The van der Waals surface area contributed by atoms with Crippen molar-refractivity contribution in [2.75, 3.05) is 27.4 Å². The zero-order chi connectivity index (χ0) is 12.8. The third-order valence-electron chi connectivity index (χ3n) is 3.03. The third-order valence-corrected chi connectivity index (χ3v) is 3.03. The molecule has 0 saturated carbocycles. The lowest BCUT2D eigenvalue weighted by molar-refractivity contribution is -0.107. The van der Waals surface area contributed by atoms with Crippen LogP contribution in [0.5, 0.6) is 0 Å². The van der Waals surface area contributed by atoms with Gasteiger partial charge in [0, 0.05) is 14.2 Å². The Morgan fingerprint density at radius 3 is 2.29 bits per heavy atom. The molecule has 1 aliphatic rings. The van der Waals surface area contributed by atoms with E-state index in [0.29, 0.717) is 13.2 Å². The molecule has 1 heterocycles. The minimum Gasteiger partial charge on any atom is -0.388 e. The Bertz CT molecular complexity index is 210. The van der Waals surface area contributed by atoms with Crippen LogP contribution in [0.1, 0.15) is 13.3 Å². The summed E-state index contributed by atoms with van der Waals surface area (Å²) >= 11 is 0. The second kappa shape index (κ2) is 7.33. The van der Waals surface area contributed by atoms with Crippen LogP contribution in [0.25, 0.3) is 0 Å². The Balaban J connectivity index is 2.53. The van der Waals surface area contributed by atoms with Crippen molar-refractivity contribution >= 4 is 7.85 Å². The molecule has 0 aliphatic carbocycles. The number of hydrogen-bond donors (Lipinski definition) is 1. The molecule has 6 heteroatoms. The zero-order valence-corrected chi connectivity index (χ0v) is 11.1. The number of hydrogen-bond acceptors (Lipinski definition) is 5. The van der Waals surface area contributed by atoms with Crippen molar-refractivity contribution in [2.24, 2.45) is 0 Å². The molecule has 1 saturated heterocycles. The van der Waals surface area contributed by atoms with Crippen LogP contribution < -0.4 is 0 Å². The van der Waals surface area contributed by atoms with Gasteiger partial charge in [0.2, 0.25) is 0 Å². The van der Waals surface area contributed by atoms with E-state index >= 15 is 0 Å². The molecule has 1 fully saturated rings. The minimum absolute atomic E-state index is 0.105. The van der Waals surface area contributed by atoms with Crippen LogP contribution in [0.3, 0.4) is 0 Å². The molecule has 0 aromatic carbocycles. The van der Waals surface area contributed by atoms with Gasteiger partial charge in [0.15, 0.2) is 0 Å². The van der Waals surface area contributed by atoms with Crippen molar-refractivity contribution < 1.29 is 24.1 Å².